The Hall–Kier alpha value is -3.28. The number of anilines is 3. The van der Waals surface area contributed by atoms with Crippen LogP contribution >= 0.6 is 0 Å². The van der Waals surface area contributed by atoms with Crippen molar-refractivity contribution in [2.45, 2.75) is 6.42 Å². The molecule has 25 heavy (non-hydrogen) atoms. The van der Waals surface area contributed by atoms with Gasteiger partial charge in [0, 0.05) is 17.9 Å². The summed E-state index contributed by atoms with van der Waals surface area (Å²) in [4.78, 5) is 14.3. The minimum atomic E-state index is -0.382. The fourth-order valence-electron chi connectivity index (χ4n) is 2.89. The molecular formula is C19H15FN4O. The van der Waals surface area contributed by atoms with E-state index in [0.29, 0.717) is 11.5 Å². The van der Waals surface area contributed by atoms with Crippen LogP contribution in [-0.4, -0.2) is 22.6 Å². The monoisotopic (exact) mass is 334 g/mol. The molecule has 3 aromatic rings. The van der Waals surface area contributed by atoms with E-state index in [4.69, 9.17) is 0 Å². The Kier molecular flexibility index (Phi) is 3.85. The smallest absolute Gasteiger partial charge is 0.276 e. The van der Waals surface area contributed by atoms with E-state index in [1.807, 2.05) is 12.1 Å². The van der Waals surface area contributed by atoms with Crippen LogP contribution in [0.15, 0.2) is 60.7 Å². The van der Waals surface area contributed by atoms with Gasteiger partial charge in [-0.2, -0.15) is 0 Å². The average Bonchev–Trinajstić information content (AvgIpc) is 3.08. The van der Waals surface area contributed by atoms with Crippen LogP contribution in [0, 0.1) is 5.82 Å². The molecule has 0 spiro atoms. The molecule has 0 fully saturated rings. The first-order chi connectivity index (χ1) is 12.2. The van der Waals surface area contributed by atoms with Crippen molar-refractivity contribution in [3.05, 3.63) is 77.7 Å². The molecule has 6 heteroatoms. The summed E-state index contributed by atoms with van der Waals surface area (Å²) in [7, 11) is 0. The second kappa shape index (κ2) is 6.32. The maximum atomic E-state index is 12.9. The molecule has 1 aliphatic rings. The van der Waals surface area contributed by atoms with E-state index in [-0.39, 0.29) is 17.4 Å². The summed E-state index contributed by atoms with van der Waals surface area (Å²) in [5, 5.41) is 10.9. The van der Waals surface area contributed by atoms with Gasteiger partial charge in [0.05, 0.1) is 0 Å². The largest absolute Gasteiger partial charge is 0.324 e. The van der Waals surface area contributed by atoms with Crippen LogP contribution in [0.2, 0.25) is 0 Å². The summed E-state index contributed by atoms with van der Waals surface area (Å²) in [6.07, 6.45) is 0.963. The van der Waals surface area contributed by atoms with Crippen molar-refractivity contribution < 1.29 is 9.18 Å². The molecule has 2 aromatic carbocycles. The van der Waals surface area contributed by atoms with Crippen molar-refractivity contribution in [2.24, 2.45) is 0 Å². The van der Waals surface area contributed by atoms with Crippen molar-refractivity contribution in [3.63, 3.8) is 0 Å². The highest BCUT2D eigenvalue weighted by Crippen LogP contribution is 2.32. The number of hydrogen-bond acceptors (Lipinski definition) is 4. The number of carbonyl (C=O) groups is 1. The first kappa shape index (κ1) is 15.3. The van der Waals surface area contributed by atoms with Crippen molar-refractivity contribution in [2.75, 3.05) is 16.8 Å². The fourth-order valence-corrected chi connectivity index (χ4v) is 2.89. The Morgan fingerprint density at radius 2 is 1.80 bits per heavy atom. The molecule has 1 N–H and O–H groups in total. The SMILES string of the molecule is O=C(Nc1ccc(F)cc1)c1ccc(N2CCc3ccccc32)nn1. The van der Waals surface area contributed by atoms with Crippen LogP contribution in [0.1, 0.15) is 16.1 Å². The lowest BCUT2D eigenvalue weighted by Crippen LogP contribution is -2.18. The molecule has 2 heterocycles. The van der Waals surface area contributed by atoms with E-state index >= 15 is 0 Å². The molecule has 0 radical (unpaired) electrons. The minimum Gasteiger partial charge on any atom is -0.324 e. The van der Waals surface area contributed by atoms with E-state index in [0.717, 1.165) is 18.7 Å². The predicted molar refractivity (Wildman–Crippen MR) is 93.5 cm³/mol. The summed E-state index contributed by atoms with van der Waals surface area (Å²) in [5.74, 6) is -0.0243. The van der Waals surface area contributed by atoms with Gasteiger partial charge >= 0.3 is 0 Å². The normalized spacial score (nSPS) is 12.8. The lowest BCUT2D eigenvalue weighted by molar-refractivity contribution is 0.102. The predicted octanol–water partition coefficient (Wildman–Crippen LogP) is 3.56. The maximum absolute atomic E-state index is 12.9. The van der Waals surface area contributed by atoms with E-state index in [2.05, 4.69) is 32.5 Å². The quantitative estimate of drug-likeness (QED) is 0.796. The molecule has 0 atom stereocenters. The molecule has 0 unspecified atom stereocenters. The zero-order valence-electron chi connectivity index (χ0n) is 13.3. The van der Waals surface area contributed by atoms with E-state index < -0.39 is 0 Å². The molecule has 1 aliphatic heterocycles. The topological polar surface area (TPSA) is 58.1 Å². The second-order valence-electron chi connectivity index (χ2n) is 5.77. The highest BCUT2D eigenvalue weighted by atomic mass is 19.1. The summed E-state index contributed by atoms with van der Waals surface area (Å²) in [6, 6.07) is 17.2. The number of aromatic nitrogens is 2. The maximum Gasteiger partial charge on any atom is 0.276 e. The van der Waals surface area contributed by atoms with Gasteiger partial charge in [0.1, 0.15) is 5.82 Å². The summed E-state index contributed by atoms with van der Waals surface area (Å²) >= 11 is 0. The highest BCUT2D eigenvalue weighted by molar-refractivity contribution is 6.02. The number of nitrogens with one attached hydrogen (secondary N) is 1. The van der Waals surface area contributed by atoms with E-state index in [1.165, 1.54) is 29.8 Å². The Morgan fingerprint density at radius 3 is 2.56 bits per heavy atom. The van der Waals surface area contributed by atoms with Crippen LogP contribution in [0.4, 0.5) is 21.6 Å². The zero-order chi connectivity index (χ0) is 17.2. The Morgan fingerprint density at radius 1 is 1.00 bits per heavy atom. The van der Waals surface area contributed by atoms with Gasteiger partial charge in [-0.3, -0.25) is 4.79 Å². The van der Waals surface area contributed by atoms with Gasteiger partial charge in [-0.25, -0.2) is 4.39 Å². The second-order valence-corrected chi connectivity index (χ2v) is 5.77. The van der Waals surface area contributed by atoms with Crippen LogP contribution in [0.25, 0.3) is 0 Å². The molecular weight excluding hydrogens is 319 g/mol. The lowest BCUT2D eigenvalue weighted by Gasteiger charge is -2.17. The molecule has 1 amide bonds. The van der Waals surface area contributed by atoms with Gasteiger partial charge in [0.25, 0.3) is 5.91 Å². The number of rotatable bonds is 3. The van der Waals surface area contributed by atoms with Crippen LogP contribution in [-0.2, 0) is 6.42 Å². The van der Waals surface area contributed by atoms with Gasteiger partial charge in [-0.05, 0) is 54.4 Å². The van der Waals surface area contributed by atoms with Crippen molar-refractivity contribution >= 4 is 23.1 Å². The van der Waals surface area contributed by atoms with Crippen molar-refractivity contribution in [3.8, 4) is 0 Å². The number of amides is 1. The average molecular weight is 334 g/mol. The lowest BCUT2D eigenvalue weighted by atomic mass is 10.2. The van der Waals surface area contributed by atoms with Gasteiger partial charge in [0.15, 0.2) is 11.5 Å². The summed E-state index contributed by atoms with van der Waals surface area (Å²) in [5.41, 5.74) is 3.12. The fraction of sp³-hybridized carbons (Fsp3) is 0.105. The number of hydrogen-bond donors (Lipinski definition) is 1. The first-order valence-electron chi connectivity index (χ1n) is 7.97. The van der Waals surface area contributed by atoms with Crippen molar-refractivity contribution in [1.29, 1.82) is 0 Å². The molecule has 1 aromatic heterocycles. The third-order valence-electron chi connectivity index (χ3n) is 4.15. The Bertz CT molecular complexity index is 909. The highest BCUT2D eigenvalue weighted by Gasteiger charge is 2.21. The zero-order valence-corrected chi connectivity index (χ0v) is 13.3. The third kappa shape index (κ3) is 3.06. The number of fused-ring (bicyclic) bond motifs is 1. The number of nitrogens with zero attached hydrogens (tertiary/aromatic N) is 3. The van der Waals surface area contributed by atoms with Crippen LogP contribution in [0.3, 0.4) is 0 Å². The first-order valence-corrected chi connectivity index (χ1v) is 7.97. The third-order valence-corrected chi connectivity index (χ3v) is 4.15. The number of benzene rings is 2. The number of para-hydroxylation sites is 1. The standard InChI is InChI=1S/C19H15FN4O/c20-14-5-7-15(8-6-14)21-19(25)16-9-10-18(23-22-16)24-12-11-13-3-1-2-4-17(13)24/h1-10H,11-12H2,(H,21,25). The molecule has 124 valence electrons. The number of halogens is 1. The van der Waals surface area contributed by atoms with Gasteiger partial charge in [0.2, 0.25) is 0 Å². The van der Waals surface area contributed by atoms with Crippen molar-refractivity contribution in [1.82, 2.24) is 10.2 Å². The summed E-state index contributed by atoms with van der Waals surface area (Å²) in [6.45, 7) is 0.842. The summed E-state index contributed by atoms with van der Waals surface area (Å²) < 4.78 is 12.9. The molecule has 4 rings (SSSR count). The van der Waals surface area contributed by atoms with Crippen LogP contribution < -0.4 is 10.2 Å². The van der Waals surface area contributed by atoms with Gasteiger partial charge < -0.3 is 10.2 Å². The van der Waals surface area contributed by atoms with Crippen LogP contribution in [0.5, 0.6) is 0 Å². The Labute approximate surface area is 144 Å². The Balaban J connectivity index is 1.50. The van der Waals surface area contributed by atoms with E-state index in [1.54, 1.807) is 12.1 Å². The molecule has 0 bridgehead atoms. The molecule has 5 nitrogen and oxygen atoms in total. The molecule has 0 aliphatic carbocycles. The molecule has 0 saturated carbocycles. The molecule has 0 saturated heterocycles. The van der Waals surface area contributed by atoms with E-state index in [9.17, 15) is 9.18 Å². The van der Waals surface area contributed by atoms with Gasteiger partial charge in [-0.1, -0.05) is 18.2 Å². The number of carbonyl (C=O) groups excluding carboxylic acids is 1. The minimum absolute atomic E-state index is 0.209. The van der Waals surface area contributed by atoms with Gasteiger partial charge in [-0.15, -0.1) is 10.2 Å².